The first-order valence-corrected chi connectivity index (χ1v) is 8.05. The van der Waals surface area contributed by atoms with Crippen LogP contribution in [0.4, 0.5) is 5.69 Å². The lowest BCUT2D eigenvalue weighted by molar-refractivity contribution is -0.384. The molecule has 0 radical (unpaired) electrons. The van der Waals surface area contributed by atoms with Gasteiger partial charge < -0.3 is 15.4 Å². The summed E-state index contributed by atoms with van der Waals surface area (Å²) in [6, 6.07) is 16.2. The average Bonchev–Trinajstić information content (AvgIpc) is 2.65. The number of nitrogens with zero attached hydrogens (tertiary/aromatic N) is 2. The van der Waals surface area contributed by atoms with Crippen LogP contribution in [0.25, 0.3) is 0 Å². The van der Waals surface area contributed by atoms with Gasteiger partial charge in [-0.2, -0.15) is 0 Å². The number of halogens is 1. The molecule has 0 aliphatic heterocycles. The zero-order chi connectivity index (χ0) is 17.9. The number of nitrogens with one attached hydrogen (secondary N) is 2. The Morgan fingerprint density at radius 2 is 1.92 bits per heavy atom. The van der Waals surface area contributed by atoms with Crippen LogP contribution in [-0.2, 0) is 6.54 Å². The van der Waals surface area contributed by atoms with Crippen molar-refractivity contribution in [3.8, 4) is 5.75 Å². The quantitative estimate of drug-likeness (QED) is 0.154. The van der Waals surface area contributed by atoms with E-state index in [0.29, 0.717) is 25.7 Å². The summed E-state index contributed by atoms with van der Waals surface area (Å²) >= 11 is 0. The lowest BCUT2D eigenvalue weighted by atomic mass is 10.2. The second kappa shape index (κ2) is 12.1. The minimum Gasteiger partial charge on any atom is -0.494 e. The maximum Gasteiger partial charge on any atom is 0.269 e. The van der Waals surface area contributed by atoms with E-state index in [1.807, 2.05) is 36.4 Å². The molecule has 0 unspecified atom stereocenters. The molecule has 0 saturated carbocycles. The Morgan fingerprint density at radius 1 is 1.15 bits per heavy atom. The topological polar surface area (TPSA) is 88.8 Å². The first-order valence-electron chi connectivity index (χ1n) is 8.05. The van der Waals surface area contributed by atoms with Crippen LogP contribution < -0.4 is 15.4 Å². The summed E-state index contributed by atoms with van der Waals surface area (Å²) in [5, 5.41) is 17.1. The van der Waals surface area contributed by atoms with Gasteiger partial charge in [-0.05, 0) is 24.1 Å². The van der Waals surface area contributed by atoms with Crippen molar-refractivity contribution in [2.75, 3.05) is 20.2 Å². The Kier molecular flexibility index (Phi) is 10.1. The number of nitro benzene ring substituents is 1. The summed E-state index contributed by atoms with van der Waals surface area (Å²) < 4.78 is 5.62. The Hall–Kier alpha value is -2.36. The highest BCUT2D eigenvalue weighted by molar-refractivity contribution is 14.0. The van der Waals surface area contributed by atoms with Crippen molar-refractivity contribution in [2.24, 2.45) is 4.99 Å². The van der Waals surface area contributed by atoms with E-state index in [4.69, 9.17) is 4.74 Å². The van der Waals surface area contributed by atoms with E-state index in [-0.39, 0.29) is 29.7 Å². The van der Waals surface area contributed by atoms with E-state index in [2.05, 4.69) is 15.6 Å². The number of para-hydroxylation sites is 1. The molecule has 0 aliphatic rings. The second-order valence-corrected chi connectivity index (χ2v) is 5.29. The third-order valence-electron chi connectivity index (χ3n) is 3.43. The van der Waals surface area contributed by atoms with Crippen LogP contribution in [0.15, 0.2) is 59.6 Å². The molecule has 2 aromatic carbocycles. The van der Waals surface area contributed by atoms with Crippen molar-refractivity contribution in [2.45, 2.75) is 13.0 Å². The van der Waals surface area contributed by atoms with Gasteiger partial charge in [0.05, 0.1) is 11.5 Å². The lowest BCUT2D eigenvalue weighted by Crippen LogP contribution is -2.37. The van der Waals surface area contributed by atoms with E-state index < -0.39 is 4.92 Å². The van der Waals surface area contributed by atoms with Gasteiger partial charge in [0.2, 0.25) is 0 Å². The number of guanidine groups is 1. The van der Waals surface area contributed by atoms with Crippen LogP contribution >= 0.6 is 24.0 Å². The third kappa shape index (κ3) is 7.68. The zero-order valence-electron chi connectivity index (χ0n) is 14.6. The molecule has 0 aliphatic carbocycles. The summed E-state index contributed by atoms with van der Waals surface area (Å²) in [5.74, 6) is 1.50. The summed E-state index contributed by atoms with van der Waals surface area (Å²) in [7, 11) is 1.68. The minimum absolute atomic E-state index is 0. The number of benzene rings is 2. The number of hydrogen-bond acceptors (Lipinski definition) is 4. The van der Waals surface area contributed by atoms with Crippen molar-refractivity contribution in [1.29, 1.82) is 0 Å². The van der Waals surface area contributed by atoms with Crippen LogP contribution in [0.2, 0.25) is 0 Å². The molecule has 0 amide bonds. The van der Waals surface area contributed by atoms with Gasteiger partial charge in [0.1, 0.15) is 5.75 Å². The fourth-order valence-corrected chi connectivity index (χ4v) is 2.17. The van der Waals surface area contributed by atoms with E-state index in [1.54, 1.807) is 19.2 Å². The lowest BCUT2D eigenvalue weighted by Gasteiger charge is -2.12. The summed E-state index contributed by atoms with van der Waals surface area (Å²) in [5.41, 5.74) is 0.907. The fraction of sp³-hybridized carbons (Fsp3) is 0.278. The highest BCUT2D eigenvalue weighted by Crippen LogP contribution is 2.12. The summed E-state index contributed by atoms with van der Waals surface area (Å²) in [4.78, 5) is 14.5. The van der Waals surface area contributed by atoms with Gasteiger partial charge >= 0.3 is 0 Å². The van der Waals surface area contributed by atoms with Crippen LogP contribution in [0.5, 0.6) is 5.75 Å². The highest BCUT2D eigenvalue weighted by Gasteiger charge is 2.06. The van der Waals surface area contributed by atoms with Crippen molar-refractivity contribution < 1.29 is 9.66 Å². The Balaban J connectivity index is 0.00000338. The maximum absolute atomic E-state index is 10.8. The van der Waals surface area contributed by atoms with Gasteiger partial charge in [-0.15, -0.1) is 24.0 Å². The first kappa shape index (κ1) is 21.7. The van der Waals surface area contributed by atoms with Gasteiger partial charge in [-0.1, -0.05) is 30.3 Å². The second-order valence-electron chi connectivity index (χ2n) is 5.29. The minimum atomic E-state index is -0.399. The van der Waals surface area contributed by atoms with E-state index in [0.717, 1.165) is 17.7 Å². The molecule has 7 nitrogen and oxygen atoms in total. The number of hydrogen-bond donors (Lipinski definition) is 2. The van der Waals surface area contributed by atoms with Gasteiger partial charge in [0, 0.05) is 32.3 Å². The van der Waals surface area contributed by atoms with Crippen molar-refractivity contribution in [3.63, 3.8) is 0 Å². The van der Waals surface area contributed by atoms with E-state index >= 15 is 0 Å². The molecule has 0 spiro atoms. The number of ether oxygens (including phenoxy) is 1. The molecule has 140 valence electrons. The van der Waals surface area contributed by atoms with Gasteiger partial charge in [-0.3, -0.25) is 15.1 Å². The highest BCUT2D eigenvalue weighted by atomic mass is 127. The van der Waals surface area contributed by atoms with Crippen molar-refractivity contribution >= 4 is 35.6 Å². The van der Waals surface area contributed by atoms with Gasteiger partial charge in [-0.25, -0.2) is 0 Å². The fourth-order valence-electron chi connectivity index (χ4n) is 2.17. The first-order chi connectivity index (χ1) is 12.2. The average molecular weight is 470 g/mol. The van der Waals surface area contributed by atoms with Gasteiger partial charge in [0.25, 0.3) is 5.69 Å². The monoisotopic (exact) mass is 470 g/mol. The molecule has 2 aromatic rings. The molecule has 26 heavy (non-hydrogen) atoms. The molecule has 0 heterocycles. The number of non-ortho nitro benzene ring substituents is 1. The van der Waals surface area contributed by atoms with Crippen molar-refractivity contribution in [1.82, 2.24) is 10.6 Å². The number of aliphatic imine (C=N–C) groups is 1. The Bertz CT molecular complexity index is 711. The SMILES string of the molecule is CN=C(NCCCOc1ccccc1)NCc1cccc([N+](=O)[O-])c1.I. The standard InChI is InChI=1S/C18H22N4O3.HI/c1-19-18(20-11-6-12-25-17-9-3-2-4-10-17)21-14-15-7-5-8-16(13-15)22(23)24;/h2-5,7-10,13H,6,11-12,14H2,1H3,(H2,19,20,21);1H. The van der Waals surface area contributed by atoms with Gasteiger partial charge in [0.15, 0.2) is 5.96 Å². The third-order valence-corrected chi connectivity index (χ3v) is 3.43. The molecule has 2 N–H and O–H groups in total. The Labute approximate surface area is 170 Å². The zero-order valence-corrected chi connectivity index (χ0v) is 16.9. The molecule has 8 heteroatoms. The molecular weight excluding hydrogens is 447 g/mol. The molecular formula is C18H23IN4O3. The molecule has 0 saturated heterocycles. The van der Waals surface area contributed by atoms with Crippen LogP contribution in [0, 0.1) is 10.1 Å². The predicted octanol–water partition coefficient (Wildman–Crippen LogP) is 3.35. The van der Waals surface area contributed by atoms with Crippen molar-refractivity contribution in [3.05, 3.63) is 70.3 Å². The summed E-state index contributed by atoms with van der Waals surface area (Å²) in [6.07, 6.45) is 0.826. The molecule has 0 atom stereocenters. The van der Waals surface area contributed by atoms with Crippen LogP contribution in [0.1, 0.15) is 12.0 Å². The predicted molar refractivity (Wildman–Crippen MR) is 113 cm³/mol. The largest absolute Gasteiger partial charge is 0.494 e. The molecule has 2 rings (SSSR count). The Morgan fingerprint density at radius 3 is 2.62 bits per heavy atom. The smallest absolute Gasteiger partial charge is 0.269 e. The molecule has 0 aromatic heterocycles. The van der Waals surface area contributed by atoms with Crippen LogP contribution in [-0.4, -0.2) is 31.1 Å². The number of rotatable bonds is 8. The van der Waals surface area contributed by atoms with E-state index in [9.17, 15) is 10.1 Å². The molecule has 0 fully saturated rings. The molecule has 0 bridgehead atoms. The maximum atomic E-state index is 10.8. The summed E-state index contributed by atoms with van der Waals surface area (Å²) in [6.45, 7) is 1.78. The normalized spacial score (nSPS) is 10.6. The number of nitro groups is 1. The van der Waals surface area contributed by atoms with E-state index in [1.165, 1.54) is 6.07 Å². The van der Waals surface area contributed by atoms with Crippen LogP contribution in [0.3, 0.4) is 0 Å².